The van der Waals surface area contributed by atoms with Gasteiger partial charge in [-0.25, -0.2) is 8.42 Å². The molecule has 0 aromatic heterocycles. The van der Waals surface area contributed by atoms with Crippen molar-refractivity contribution >= 4 is 62.3 Å². The van der Waals surface area contributed by atoms with Crippen LogP contribution in [0.25, 0.3) is 0 Å². The fourth-order valence-corrected chi connectivity index (χ4v) is 6.03. The number of sulfonamides is 1. The summed E-state index contributed by atoms with van der Waals surface area (Å²) < 4.78 is 34.3. The third-order valence-electron chi connectivity index (χ3n) is 6.22. The number of ether oxygens (including phenoxy) is 1. The summed E-state index contributed by atoms with van der Waals surface area (Å²) in [4.78, 5) is 28.2. The van der Waals surface area contributed by atoms with E-state index in [1.54, 1.807) is 49.4 Å². The lowest BCUT2D eigenvalue weighted by molar-refractivity contribution is -0.139. The zero-order chi connectivity index (χ0) is 30.2. The van der Waals surface area contributed by atoms with Crippen LogP contribution in [0, 0.1) is 0 Å². The van der Waals surface area contributed by atoms with Gasteiger partial charge in [0.2, 0.25) is 11.8 Å². The fraction of sp³-hybridized carbons (Fsp3) is 0.310. The summed E-state index contributed by atoms with van der Waals surface area (Å²) in [6.07, 6.45) is 0.702. The first-order valence-corrected chi connectivity index (χ1v) is 15.6. The monoisotopic (exact) mass is 639 g/mol. The van der Waals surface area contributed by atoms with Gasteiger partial charge in [0.1, 0.15) is 18.3 Å². The summed E-state index contributed by atoms with van der Waals surface area (Å²) in [5.41, 5.74) is 0.670. The van der Waals surface area contributed by atoms with Crippen LogP contribution in [0.4, 0.5) is 5.69 Å². The van der Waals surface area contributed by atoms with Gasteiger partial charge >= 0.3 is 0 Å². The smallest absolute Gasteiger partial charge is 0.264 e. The molecule has 0 spiro atoms. The number of hydrogen-bond donors (Lipinski definition) is 1. The van der Waals surface area contributed by atoms with E-state index in [4.69, 9.17) is 39.5 Å². The van der Waals surface area contributed by atoms with E-state index in [2.05, 4.69) is 5.32 Å². The number of nitrogens with one attached hydrogen (secondary N) is 1. The maximum absolute atomic E-state index is 14.0. The van der Waals surface area contributed by atoms with Crippen LogP contribution in [0.15, 0.2) is 71.6 Å². The third-order valence-corrected chi connectivity index (χ3v) is 8.97. The highest BCUT2D eigenvalue weighted by Crippen LogP contribution is 2.29. The van der Waals surface area contributed by atoms with Crippen LogP contribution in [0.1, 0.15) is 32.8 Å². The molecule has 2 amide bonds. The minimum absolute atomic E-state index is 0.0574. The molecule has 3 aromatic carbocycles. The maximum atomic E-state index is 14.0. The first kappa shape index (κ1) is 32.5. The molecule has 0 saturated carbocycles. The van der Waals surface area contributed by atoms with Crippen LogP contribution in [-0.2, 0) is 26.2 Å². The number of hydrogen-bond acceptors (Lipinski definition) is 5. The molecule has 220 valence electrons. The van der Waals surface area contributed by atoms with Crippen molar-refractivity contribution in [3.05, 3.63) is 87.4 Å². The van der Waals surface area contributed by atoms with E-state index < -0.39 is 34.4 Å². The second kappa shape index (κ2) is 14.8. The Balaban J connectivity index is 2.06. The molecule has 0 aliphatic rings. The highest BCUT2D eigenvalue weighted by atomic mass is 35.5. The summed E-state index contributed by atoms with van der Waals surface area (Å²) in [6, 6.07) is 16.0. The lowest BCUT2D eigenvalue weighted by Crippen LogP contribution is -2.51. The molecule has 1 N–H and O–H groups in total. The van der Waals surface area contributed by atoms with Crippen molar-refractivity contribution in [3.8, 4) is 5.75 Å². The van der Waals surface area contributed by atoms with Gasteiger partial charge in [-0.3, -0.25) is 13.9 Å². The van der Waals surface area contributed by atoms with E-state index in [0.29, 0.717) is 46.0 Å². The molecule has 3 rings (SSSR count). The molecule has 0 fully saturated rings. The van der Waals surface area contributed by atoms with E-state index in [-0.39, 0.29) is 17.1 Å². The van der Waals surface area contributed by atoms with Gasteiger partial charge in [0.15, 0.2) is 0 Å². The van der Waals surface area contributed by atoms with Gasteiger partial charge in [-0.15, -0.1) is 0 Å². The van der Waals surface area contributed by atoms with Gasteiger partial charge in [0.25, 0.3) is 10.0 Å². The predicted molar refractivity (Wildman–Crippen MR) is 163 cm³/mol. The van der Waals surface area contributed by atoms with Gasteiger partial charge < -0.3 is 15.0 Å². The van der Waals surface area contributed by atoms with Gasteiger partial charge in [0.05, 0.1) is 17.2 Å². The topological polar surface area (TPSA) is 96.0 Å². The molecule has 0 radical (unpaired) electrons. The molecule has 0 aliphatic carbocycles. The standard InChI is InChI=1S/C29H32Cl3N3O5S/c1-4-17-33-29(37)20(3)34(18-25-26(31)7-6-8-27(25)32)28(36)19-35(22-11-13-23(14-12-22)40-5-2)41(38,39)24-15-9-21(30)10-16-24/h6-16,20H,4-5,17-19H2,1-3H3,(H,33,37)/t20-/m0/s1. The molecule has 0 aliphatic heterocycles. The van der Waals surface area contributed by atoms with Crippen LogP contribution in [0.3, 0.4) is 0 Å². The average Bonchev–Trinajstić information content (AvgIpc) is 2.95. The molecule has 8 nitrogen and oxygen atoms in total. The van der Waals surface area contributed by atoms with Crippen LogP contribution >= 0.6 is 34.8 Å². The Morgan fingerprint density at radius 2 is 1.54 bits per heavy atom. The zero-order valence-electron chi connectivity index (χ0n) is 22.9. The molecule has 0 saturated heterocycles. The number of nitrogens with zero attached hydrogens (tertiary/aromatic N) is 2. The van der Waals surface area contributed by atoms with Crippen molar-refractivity contribution in [2.24, 2.45) is 0 Å². The highest BCUT2D eigenvalue weighted by Gasteiger charge is 2.33. The third kappa shape index (κ3) is 8.29. The van der Waals surface area contributed by atoms with Crippen molar-refractivity contribution in [2.75, 3.05) is 24.0 Å². The number of halogens is 3. The van der Waals surface area contributed by atoms with E-state index in [1.807, 2.05) is 13.8 Å². The van der Waals surface area contributed by atoms with Crippen LogP contribution in [0.2, 0.25) is 15.1 Å². The van der Waals surface area contributed by atoms with Crippen molar-refractivity contribution in [1.29, 1.82) is 0 Å². The number of amides is 2. The quantitative estimate of drug-likeness (QED) is 0.241. The molecule has 12 heteroatoms. The lowest BCUT2D eigenvalue weighted by atomic mass is 10.1. The van der Waals surface area contributed by atoms with Gasteiger partial charge in [-0.2, -0.15) is 0 Å². The van der Waals surface area contributed by atoms with E-state index in [0.717, 1.165) is 4.31 Å². The Bertz CT molecular complexity index is 1430. The Hall–Kier alpha value is -2.98. The van der Waals surface area contributed by atoms with Crippen molar-refractivity contribution in [2.45, 2.75) is 44.7 Å². The van der Waals surface area contributed by atoms with Crippen LogP contribution < -0.4 is 14.4 Å². The number of carbonyl (C=O) groups is 2. The maximum Gasteiger partial charge on any atom is 0.264 e. The summed E-state index contributed by atoms with van der Waals surface area (Å²) in [7, 11) is -4.24. The number of carbonyl (C=O) groups excluding carboxylic acids is 2. The van der Waals surface area contributed by atoms with Crippen LogP contribution in [0.5, 0.6) is 5.75 Å². The number of benzene rings is 3. The molecular formula is C29H32Cl3N3O5S. The largest absolute Gasteiger partial charge is 0.494 e. The average molecular weight is 641 g/mol. The van der Waals surface area contributed by atoms with Gasteiger partial charge in [-0.05, 0) is 80.9 Å². The Labute approximate surface area is 256 Å². The van der Waals surface area contributed by atoms with E-state index in [1.165, 1.54) is 29.2 Å². The van der Waals surface area contributed by atoms with Crippen molar-refractivity contribution in [1.82, 2.24) is 10.2 Å². The highest BCUT2D eigenvalue weighted by molar-refractivity contribution is 7.92. The van der Waals surface area contributed by atoms with Crippen LogP contribution in [-0.4, -0.2) is 50.9 Å². The second-order valence-corrected chi connectivity index (χ2v) is 12.2. The number of rotatable bonds is 13. The summed E-state index contributed by atoms with van der Waals surface area (Å²) in [5, 5.41) is 3.78. The molecule has 1 atom stereocenters. The van der Waals surface area contributed by atoms with Gasteiger partial charge in [-0.1, -0.05) is 47.8 Å². The Morgan fingerprint density at radius 1 is 0.927 bits per heavy atom. The summed E-state index contributed by atoms with van der Waals surface area (Å²) in [6.45, 7) is 5.45. The normalized spacial score (nSPS) is 12.0. The Kier molecular flexibility index (Phi) is 11.7. The second-order valence-electron chi connectivity index (χ2n) is 9.08. The minimum Gasteiger partial charge on any atom is -0.494 e. The zero-order valence-corrected chi connectivity index (χ0v) is 26.0. The molecule has 0 heterocycles. The first-order chi connectivity index (χ1) is 19.5. The van der Waals surface area contributed by atoms with E-state index in [9.17, 15) is 18.0 Å². The summed E-state index contributed by atoms with van der Waals surface area (Å²) in [5.74, 6) is -0.481. The predicted octanol–water partition coefficient (Wildman–Crippen LogP) is 6.18. The Morgan fingerprint density at radius 3 is 2.10 bits per heavy atom. The van der Waals surface area contributed by atoms with E-state index >= 15 is 0 Å². The minimum atomic E-state index is -4.24. The fourth-order valence-electron chi connectivity index (χ4n) is 3.97. The van der Waals surface area contributed by atoms with Gasteiger partial charge in [0, 0.05) is 33.7 Å². The first-order valence-electron chi connectivity index (χ1n) is 13.0. The van der Waals surface area contributed by atoms with Crippen molar-refractivity contribution in [3.63, 3.8) is 0 Å². The molecule has 41 heavy (non-hydrogen) atoms. The molecular weight excluding hydrogens is 609 g/mol. The number of anilines is 1. The summed E-state index contributed by atoms with van der Waals surface area (Å²) >= 11 is 18.8. The van der Waals surface area contributed by atoms with Crippen molar-refractivity contribution < 1.29 is 22.7 Å². The molecule has 0 unspecified atom stereocenters. The lowest BCUT2D eigenvalue weighted by Gasteiger charge is -2.32. The molecule has 3 aromatic rings. The molecule has 0 bridgehead atoms. The SMILES string of the molecule is CCCNC(=O)[C@H](C)N(Cc1c(Cl)cccc1Cl)C(=O)CN(c1ccc(OCC)cc1)S(=O)(=O)c1ccc(Cl)cc1.